The zero-order valence-electron chi connectivity index (χ0n) is 34.2. The van der Waals surface area contributed by atoms with Crippen LogP contribution in [0.4, 0.5) is 0 Å². The van der Waals surface area contributed by atoms with Crippen molar-refractivity contribution < 1.29 is 78.9 Å². The maximum atomic E-state index is 13.3. The fourth-order valence-corrected chi connectivity index (χ4v) is 6.66. The van der Waals surface area contributed by atoms with Gasteiger partial charge >= 0.3 is 11.9 Å². The summed E-state index contributed by atoms with van der Waals surface area (Å²) in [5.74, 6) is -4.96. The van der Waals surface area contributed by atoms with Crippen LogP contribution in [0.5, 0.6) is 11.5 Å². The van der Waals surface area contributed by atoms with Gasteiger partial charge in [0.2, 0.25) is 5.79 Å². The number of carbonyl (C=O) groups excluding carboxylic acids is 2. The minimum absolute atomic E-state index is 0.114. The first-order valence-electron chi connectivity index (χ1n) is 20.3. The van der Waals surface area contributed by atoms with E-state index in [9.17, 15) is 50.4 Å². The van der Waals surface area contributed by atoms with E-state index in [1.165, 1.54) is 24.3 Å². The first kappa shape index (κ1) is 48.9. The molecule has 61 heavy (non-hydrogen) atoms. The van der Waals surface area contributed by atoms with E-state index >= 15 is 0 Å². The largest absolute Gasteiger partial charge is 0.508 e. The van der Waals surface area contributed by atoms with Gasteiger partial charge in [0.05, 0.1) is 24.9 Å². The molecule has 11 atom stereocenters. The molecule has 2 fully saturated rings. The summed E-state index contributed by atoms with van der Waals surface area (Å²) in [6.07, 6.45) is 13.4. The van der Waals surface area contributed by atoms with Crippen molar-refractivity contribution in [2.75, 3.05) is 13.2 Å². The van der Waals surface area contributed by atoms with Crippen LogP contribution in [0.3, 0.4) is 0 Å². The minimum Gasteiger partial charge on any atom is -0.508 e. The standard InChI is InChI=1S/C45H58O16/c1-3-5-7-9-11-13-16-20-30(47)21-17-15-19-23-36(51)59-42-41(33(26-46)61-45(43(42)55)37-29(27-57-45)24-31(48)25-32(37)49)60-44-40(54)39(53)38(52)34(58-44)28-56-35(50)22-18-14-12-10-8-6-4-2/h7-20,22-25,30,33-34,38-44,46-49,52-55H,3-6,21,26-28H2,1-2H3/b9-7+,10-8+,13-11+,14-12+,17-15+,20-16+,22-18+,23-19+/t30?,33?,34?,38-,39-,40+,41?,42-,43+,44-,45-/m0/s1. The lowest BCUT2D eigenvalue weighted by Gasteiger charge is -2.50. The Morgan fingerprint density at radius 2 is 1.44 bits per heavy atom. The van der Waals surface area contributed by atoms with Crippen molar-refractivity contribution in [1.82, 2.24) is 0 Å². The van der Waals surface area contributed by atoms with Crippen LogP contribution in [-0.2, 0) is 50.4 Å². The second-order valence-electron chi connectivity index (χ2n) is 14.4. The van der Waals surface area contributed by atoms with Gasteiger partial charge < -0.3 is 69.3 Å². The number of ether oxygens (including phenoxy) is 6. The molecule has 0 aliphatic carbocycles. The molecule has 2 saturated heterocycles. The number of aliphatic hydroxyl groups is 6. The Morgan fingerprint density at radius 3 is 2.13 bits per heavy atom. The number of unbranched alkanes of at least 4 members (excludes halogenated alkanes) is 2. The van der Waals surface area contributed by atoms with Gasteiger partial charge in [-0.1, -0.05) is 112 Å². The minimum atomic E-state index is -2.27. The van der Waals surface area contributed by atoms with Crippen LogP contribution in [0.2, 0.25) is 0 Å². The lowest BCUT2D eigenvalue weighted by atomic mass is 9.86. The van der Waals surface area contributed by atoms with Crippen molar-refractivity contribution >= 4 is 11.9 Å². The predicted molar refractivity (Wildman–Crippen MR) is 220 cm³/mol. The van der Waals surface area contributed by atoms with E-state index < -0.39 is 97.9 Å². The van der Waals surface area contributed by atoms with Crippen LogP contribution >= 0.6 is 0 Å². The number of phenolic OH excluding ortho intramolecular Hbond substituents is 2. The molecule has 0 radical (unpaired) electrons. The number of aromatic hydroxyl groups is 2. The molecule has 16 heteroatoms. The molecule has 0 amide bonds. The fourth-order valence-electron chi connectivity index (χ4n) is 6.66. The van der Waals surface area contributed by atoms with Crippen LogP contribution in [-0.4, -0.2) is 127 Å². The number of phenols is 2. The van der Waals surface area contributed by atoms with Gasteiger partial charge in [0, 0.05) is 18.2 Å². The average molecular weight is 855 g/mol. The van der Waals surface area contributed by atoms with Gasteiger partial charge in [-0.15, -0.1) is 0 Å². The highest BCUT2D eigenvalue weighted by atomic mass is 16.8. The summed E-state index contributed by atoms with van der Waals surface area (Å²) < 4.78 is 34.6. The number of esters is 2. The quantitative estimate of drug-likeness (QED) is 0.0533. The van der Waals surface area contributed by atoms with Crippen LogP contribution in [0.1, 0.15) is 57.1 Å². The van der Waals surface area contributed by atoms with Gasteiger partial charge in [-0.05, 0) is 30.9 Å². The van der Waals surface area contributed by atoms with Gasteiger partial charge in [-0.3, -0.25) is 0 Å². The van der Waals surface area contributed by atoms with E-state index in [2.05, 4.69) is 6.92 Å². The SMILES string of the molecule is CCC/C=C/C=C/C=C/C(=O)OCC1O[C@@H](OC2C(CO)O[C@]3(OCc4cc(O)cc(O)c43)[C@H](O)[C@H]2OC(=O)/C=C/C=C/CC(O)/C=C/C=C/C=C/CCC)[C@H](O)[C@@H](O)[C@H]1O. The molecule has 3 aliphatic rings. The Labute approximate surface area is 354 Å². The lowest BCUT2D eigenvalue weighted by molar-refractivity contribution is -0.395. The topological polar surface area (TPSA) is 251 Å². The Kier molecular flexibility index (Phi) is 19.8. The molecule has 3 aliphatic heterocycles. The third-order valence-corrected chi connectivity index (χ3v) is 9.75. The zero-order chi connectivity index (χ0) is 44.4. The molecule has 0 aromatic heterocycles. The Balaban J connectivity index is 1.52. The van der Waals surface area contributed by atoms with Gasteiger partial charge in [0.1, 0.15) is 54.7 Å². The molecule has 334 valence electrons. The van der Waals surface area contributed by atoms with Gasteiger partial charge in [0.15, 0.2) is 18.5 Å². The van der Waals surface area contributed by atoms with Gasteiger partial charge in [-0.2, -0.15) is 0 Å². The molecular formula is C45H58O16. The monoisotopic (exact) mass is 854 g/mol. The normalized spacial score (nSPS) is 30.1. The molecule has 4 unspecified atom stereocenters. The van der Waals surface area contributed by atoms with Crippen LogP contribution in [0, 0.1) is 0 Å². The van der Waals surface area contributed by atoms with Crippen molar-refractivity contribution in [3.05, 3.63) is 120 Å². The number of carbonyl (C=O) groups is 2. The summed E-state index contributed by atoms with van der Waals surface area (Å²) in [5, 5.41) is 86.2. The number of fused-ring (bicyclic) bond motifs is 2. The Morgan fingerprint density at radius 1 is 0.803 bits per heavy atom. The highest BCUT2D eigenvalue weighted by Gasteiger charge is 2.63. The summed E-state index contributed by atoms with van der Waals surface area (Å²) in [4.78, 5) is 25.7. The fraction of sp³-hybridized carbons (Fsp3) is 0.467. The molecule has 16 nitrogen and oxygen atoms in total. The number of hydrogen-bond acceptors (Lipinski definition) is 16. The average Bonchev–Trinajstić information content (AvgIpc) is 3.60. The summed E-state index contributed by atoms with van der Waals surface area (Å²) in [5.41, 5.74) is 0.104. The summed E-state index contributed by atoms with van der Waals surface area (Å²) in [6, 6.07) is 2.25. The third kappa shape index (κ3) is 13.6. The lowest BCUT2D eigenvalue weighted by Crippen LogP contribution is -2.67. The van der Waals surface area contributed by atoms with E-state index in [1.54, 1.807) is 36.5 Å². The molecule has 3 heterocycles. The third-order valence-electron chi connectivity index (χ3n) is 9.75. The van der Waals surface area contributed by atoms with Crippen molar-refractivity contribution in [2.45, 2.75) is 120 Å². The van der Waals surface area contributed by atoms with Gasteiger partial charge in [0.25, 0.3) is 0 Å². The Hall–Kier alpha value is -4.72. The van der Waals surface area contributed by atoms with E-state index in [1.807, 2.05) is 37.3 Å². The first-order chi connectivity index (χ1) is 29.4. The molecular weight excluding hydrogens is 796 g/mol. The van der Waals surface area contributed by atoms with Crippen LogP contribution < -0.4 is 0 Å². The predicted octanol–water partition coefficient (Wildman–Crippen LogP) is 2.98. The van der Waals surface area contributed by atoms with Crippen LogP contribution in [0.15, 0.2) is 109 Å². The van der Waals surface area contributed by atoms with Crippen LogP contribution in [0.25, 0.3) is 0 Å². The number of rotatable bonds is 20. The summed E-state index contributed by atoms with van der Waals surface area (Å²) in [6.45, 7) is 2.37. The molecule has 1 aromatic rings. The number of hydrogen-bond donors (Lipinski definition) is 8. The molecule has 0 bridgehead atoms. The van der Waals surface area contributed by atoms with E-state index in [4.69, 9.17) is 28.4 Å². The molecule has 1 spiro atoms. The van der Waals surface area contributed by atoms with E-state index in [0.717, 1.165) is 43.9 Å². The number of benzene rings is 1. The zero-order valence-corrected chi connectivity index (χ0v) is 34.2. The highest BCUT2D eigenvalue weighted by molar-refractivity contribution is 5.82. The molecule has 4 rings (SSSR count). The van der Waals surface area contributed by atoms with Crippen molar-refractivity contribution in [3.63, 3.8) is 0 Å². The number of allylic oxidation sites excluding steroid dienone is 12. The summed E-state index contributed by atoms with van der Waals surface area (Å²) >= 11 is 0. The van der Waals surface area contributed by atoms with Crippen molar-refractivity contribution in [1.29, 1.82) is 0 Å². The Bertz CT molecular complexity index is 1810. The number of aliphatic hydroxyl groups excluding tert-OH is 6. The first-order valence-corrected chi connectivity index (χ1v) is 20.3. The maximum Gasteiger partial charge on any atom is 0.331 e. The highest BCUT2D eigenvalue weighted by Crippen LogP contribution is 2.51. The second-order valence-corrected chi connectivity index (χ2v) is 14.4. The van der Waals surface area contributed by atoms with Gasteiger partial charge in [-0.25, -0.2) is 9.59 Å². The maximum absolute atomic E-state index is 13.3. The summed E-state index contributed by atoms with van der Waals surface area (Å²) in [7, 11) is 0. The van der Waals surface area contributed by atoms with E-state index in [0.29, 0.717) is 0 Å². The molecule has 1 aromatic carbocycles. The van der Waals surface area contributed by atoms with Crippen molar-refractivity contribution in [3.8, 4) is 11.5 Å². The molecule has 0 saturated carbocycles. The van der Waals surface area contributed by atoms with Crippen molar-refractivity contribution in [2.24, 2.45) is 0 Å². The smallest absolute Gasteiger partial charge is 0.331 e. The second kappa shape index (κ2) is 24.7. The van der Waals surface area contributed by atoms with E-state index in [-0.39, 0.29) is 29.9 Å². The molecule has 8 N–H and O–H groups in total.